The second kappa shape index (κ2) is 6.00. The molecule has 132 valence electrons. The van der Waals surface area contributed by atoms with E-state index in [1.807, 2.05) is 19.1 Å². The van der Waals surface area contributed by atoms with Crippen molar-refractivity contribution in [3.63, 3.8) is 0 Å². The number of fused-ring (bicyclic) bond motifs is 1. The number of imidazole rings is 1. The van der Waals surface area contributed by atoms with E-state index in [1.165, 1.54) is 22.2 Å². The Hall–Kier alpha value is -2.11. The van der Waals surface area contributed by atoms with E-state index in [-0.39, 0.29) is 5.82 Å². The number of hydrogen-bond acceptors (Lipinski definition) is 9. The minimum atomic E-state index is -1.22. The van der Waals surface area contributed by atoms with Crippen molar-refractivity contribution in [3.05, 3.63) is 23.3 Å². The molecule has 25 heavy (non-hydrogen) atoms. The van der Waals surface area contributed by atoms with Crippen LogP contribution in [0.2, 0.25) is 0 Å². The first-order valence-corrected chi connectivity index (χ1v) is 8.50. The van der Waals surface area contributed by atoms with Gasteiger partial charge in [-0.2, -0.15) is 0 Å². The molecule has 0 spiro atoms. The molecule has 0 bridgehead atoms. The zero-order chi connectivity index (χ0) is 17.7. The highest BCUT2D eigenvalue weighted by atomic mass is 32.1. The van der Waals surface area contributed by atoms with E-state index >= 15 is 0 Å². The quantitative estimate of drug-likeness (QED) is 0.512. The van der Waals surface area contributed by atoms with Crippen molar-refractivity contribution in [1.82, 2.24) is 19.5 Å². The fourth-order valence-electron chi connectivity index (χ4n) is 2.90. The third-order valence-corrected chi connectivity index (χ3v) is 5.20. The van der Waals surface area contributed by atoms with Gasteiger partial charge in [0.05, 0.1) is 17.8 Å². The Bertz CT molecular complexity index is 926. The predicted molar refractivity (Wildman–Crippen MR) is 90.8 cm³/mol. The Labute approximate surface area is 146 Å². The van der Waals surface area contributed by atoms with Crippen LogP contribution in [0.4, 0.5) is 5.82 Å². The van der Waals surface area contributed by atoms with Gasteiger partial charge in [0.15, 0.2) is 23.5 Å². The van der Waals surface area contributed by atoms with E-state index in [0.29, 0.717) is 17.0 Å². The zero-order valence-electron chi connectivity index (χ0n) is 13.3. The van der Waals surface area contributed by atoms with Gasteiger partial charge < -0.3 is 25.8 Å². The molecule has 1 aliphatic rings. The van der Waals surface area contributed by atoms with E-state index in [4.69, 9.17) is 10.5 Å². The van der Waals surface area contributed by atoms with Crippen LogP contribution in [-0.2, 0) is 4.74 Å². The predicted octanol–water partition coefficient (Wildman–Crippen LogP) is 0.0569. The molecule has 0 amide bonds. The lowest BCUT2D eigenvalue weighted by molar-refractivity contribution is -0.0511. The summed E-state index contributed by atoms with van der Waals surface area (Å²) in [6, 6.07) is 3.88. The summed E-state index contributed by atoms with van der Waals surface area (Å²) < 4.78 is 7.05. The van der Waals surface area contributed by atoms with Crippen LogP contribution in [0, 0.1) is 6.92 Å². The monoisotopic (exact) mass is 363 g/mol. The van der Waals surface area contributed by atoms with Crippen LogP contribution in [0.1, 0.15) is 11.1 Å². The normalized spacial score (nSPS) is 26.6. The van der Waals surface area contributed by atoms with Crippen LogP contribution in [0.3, 0.4) is 0 Å². The Balaban J connectivity index is 1.82. The van der Waals surface area contributed by atoms with Crippen LogP contribution in [-0.4, -0.2) is 59.8 Å². The van der Waals surface area contributed by atoms with Crippen molar-refractivity contribution >= 4 is 28.3 Å². The number of thiophene rings is 1. The first-order chi connectivity index (χ1) is 12.0. The Morgan fingerprint density at radius 3 is 2.72 bits per heavy atom. The van der Waals surface area contributed by atoms with Crippen molar-refractivity contribution in [2.24, 2.45) is 0 Å². The van der Waals surface area contributed by atoms with E-state index in [0.717, 1.165) is 9.75 Å². The Morgan fingerprint density at radius 1 is 1.28 bits per heavy atom. The van der Waals surface area contributed by atoms with Gasteiger partial charge in [-0.25, -0.2) is 15.0 Å². The molecular weight excluding hydrogens is 346 g/mol. The SMILES string of the molecule is Cc1ccc(-c2nc(N)c3ncn([C@@H]4O[C@H](CO)C(O)C4O)c3n2)s1. The van der Waals surface area contributed by atoms with Crippen molar-refractivity contribution in [3.8, 4) is 10.7 Å². The molecule has 0 aromatic carbocycles. The molecule has 4 rings (SSSR count). The minimum absolute atomic E-state index is 0.219. The summed E-state index contributed by atoms with van der Waals surface area (Å²) in [7, 11) is 0. The van der Waals surface area contributed by atoms with Gasteiger partial charge in [0, 0.05) is 4.88 Å². The third kappa shape index (κ3) is 2.58. The first-order valence-electron chi connectivity index (χ1n) is 7.69. The van der Waals surface area contributed by atoms with Gasteiger partial charge in [0.25, 0.3) is 0 Å². The maximum atomic E-state index is 10.2. The molecule has 9 nitrogen and oxygen atoms in total. The van der Waals surface area contributed by atoms with Gasteiger partial charge in [-0.15, -0.1) is 11.3 Å². The Morgan fingerprint density at radius 2 is 2.08 bits per heavy atom. The molecule has 4 atom stereocenters. The largest absolute Gasteiger partial charge is 0.394 e. The summed E-state index contributed by atoms with van der Waals surface area (Å²) in [6.45, 7) is 1.58. The maximum absolute atomic E-state index is 10.2. The summed E-state index contributed by atoms with van der Waals surface area (Å²) in [6.07, 6.45) is -2.80. The topological polar surface area (TPSA) is 140 Å². The van der Waals surface area contributed by atoms with Crippen molar-refractivity contribution < 1.29 is 20.1 Å². The fraction of sp³-hybridized carbons (Fsp3) is 0.400. The van der Waals surface area contributed by atoms with E-state index in [2.05, 4.69) is 15.0 Å². The first kappa shape index (κ1) is 16.4. The number of ether oxygens (including phenoxy) is 1. The molecule has 4 heterocycles. The van der Waals surface area contributed by atoms with Crippen LogP contribution < -0.4 is 5.73 Å². The lowest BCUT2D eigenvalue weighted by atomic mass is 10.1. The van der Waals surface area contributed by atoms with Crippen LogP contribution >= 0.6 is 11.3 Å². The number of hydrogen-bond donors (Lipinski definition) is 4. The molecule has 3 aromatic heterocycles. The van der Waals surface area contributed by atoms with Crippen molar-refractivity contribution in [2.45, 2.75) is 31.5 Å². The number of anilines is 1. The summed E-state index contributed by atoms with van der Waals surface area (Å²) in [5, 5.41) is 29.5. The summed E-state index contributed by atoms with van der Waals surface area (Å²) in [4.78, 5) is 15.0. The number of aryl methyl sites for hydroxylation is 1. The number of aliphatic hydroxyl groups is 3. The minimum Gasteiger partial charge on any atom is -0.394 e. The van der Waals surface area contributed by atoms with E-state index in [1.54, 1.807) is 0 Å². The summed E-state index contributed by atoms with van der Waals surface area (Å²) in [5.41, 5.74) is 6.79. The smallest absolute Gasteiger partial charge is 0.173 e. The zero-order valence-corrected chi connectivity index (χ0v) is 14.1. The second-order valence-electron chi connectivity index (χ2n) is 5.90. The highest BCUT2D eigenvalue weighted by molar-refractivity contribution is 7.15. The van der Waals surface area contributed by atoms with Gasteiger partial charge in [-0.3, -0.25) is 4.57 Å². The molecule has 5 N–H and O–H groups in total. The number of nitrogens with zero attached hydrogens (tertiary/aromatic N) is 4. The average Bonchev–Trinajstić information content (AvgIpc) is 3.27. The molecule has 10 heteroatoms. The molecule has 2 unspecified atom stereocenters. The number of aliphatic hydroxyl groups excluding tert-OH is 3. The van der Waals surface area contributed by atoms with E-state index in [9.17, 15) is 15.3 Å². The lowest BCUT2D eigenvalue weighted by Gasteiger charge is -2.16. The average molecular weight is 363 g/mol. The van der Waals surface area contributed by atoms with Crippen LogP contribution in [0.15, 0.2) is 18.5 Å². The molecule has 0 radical (unpaired) electrons. The number of nitrogens with two attached hydrogens (primary N) is 1. The van der Waals surface area contributed by atoms with Gasteiger partial charge in [-0.1, -0.05) is 0 Å². The highest BCUT2D eigenvalue weighted by Gasteiger charge is 2.44. The van der Waals surface area contributed by atoms with Crippen molar-refractivity contribution in [2.75, 3.05) is 12.3 Å². The lowest BCUT2D eigenvalue weighted by Crippen LogP contribution is -2.33. The van der Waals surface area contributed by atoms with E-state index < -0.39 is 31.1 Å². The second-order valence-corrected chi connectivity index (χ2v) is 7.18. The van der Waals surface area contributed by atoms with Gasteiger partial charge >= 0.3 is 0 Å². The Kier molecular flexibility index (Phi) is 3.93. The third-order valence-electron chi connectivity index (χ3n) is 4.20. The summed E-state index contributed by atoms with van der Waals surface area (Å²) in [5.74, 6) is 0.674. The fourth-order valence-corrected chi connectivity index (χ4v) is 3.70. The van der Waals surface area contributed by atoms with Crippen LogP contribution in [0.25, 0.3) is 21.9 Å². The summed E-state index contributed by atoms with van der Waals surface area (Å²) >= 11 is 1.54. The molecule has 1 aliphatic heterocycles. The van der Waals surface area contributed by atoms with Crippen molar-refractivity contribution in [1.29, 1.82) is 0 Å². The number of rotatable bonds is 3. The van der Waals surface area contributed by atoms with Gasteiger partial charge in [-0.05, 0) is 19.1 Å². The van der Waals surface area contributed by atoms with Crippen LogP contribution in [0.5, 0.6) is 0 Å². The molecule has 0 saturated carbocycles. The molecular formula is C15H17N5O4S. The number of aromatic nitrogens is 4. The standard InChI is InChI=1S/C15H17N5O4S/c1-6-2-3-8(25-6)13-18-12(16)9-14(19-13)20(5-17-9)15-11(23)10(22)7(4-21)24-15/h2-3,5,7,10-11,15,21-23H,4H2,1H3,(H2,16,18,19)/t7-,10?,11?,15-/m1/s1. The number of nitrogen functional groups attached to an aromatic ring is 1. The molecule has 1 fully saturated rings. The maximum Gasteiger partial charge on any atom is 0.173 e. The molecule has 0 aliphatic carbocycles. The van der Waals surface area contributed by atoms with Gasteiger partial charge in [0.2, 0.25) is 0 Å². The van der Waals surface area contributed by atoms with Gasteiger partial charge in [0.1, 0.15) is 23.8 Å². The molecule has 3 aromatic rings. The molecule has 1 saturated heterocycles. The highest BCUT2D eigenvalue weighted by Crippen LogP contribution is 2.33.